The summed E-state index contributed by atoms with van der Waals surface area (Å²) in [5.74, 6) is 0.367. The first kappa shape index (κ1) is 13.4. The predicted octanol–water partition coefficient (Wildman–Crippen LogP) is 3.55. The summed E-state index contributed by atoms with van der Waals surface area (Å²) in [5, 5.41) is 19.6. The molecule has 4 heteroatoms. The van der Waals surface area contributed by atoms with E-state index in [0.717, 1.165) is 0 Å². The van der Waals surface area contributed by atoms with Crippen molar-refractivity contribution >= 4 is 0 Å². The van der Waals surface area contributed by atoms with Crippen LogP contribution in [0.3, 0.4) is 0 Å². The highest BCUT2D eigenvalue weighted by atomic mass is 19.1. The summed E-state index contributed by atoms with van der Waals surface area (Å²) < 4.78 is 18.5. The van der Waals surface area contributed by atoms with E-state index in [9.17, 15) is 14.6 Å². The zero-order chi connectivity index (χ0) is 14.0. The van der Waals surface area contributed by atoms with Gasteiger partial charge in [-0.15, -0.1) is 0 Å². The highest BCUT2D eigenvalue weighted by molar-refractivity contribution is 5.43. The second kappa shape index (κ2) is 4.90. The smallest absolute Gasteiger partial charge is 0.130 e. The first-order valence-corrected chi connectivity index (χ1v) is 5.85. The number of aliphatic hydroxyl groups is 1. The summed E-state index contributed by atoms with van der Waals surface area (Å²) in [7, 11) is 0. The molecular formula is C15H15FO3. The van der Waals surface area contributed by atoms with Crippen molar-refractivity contribution in [3.8, 4) is 17.2 Å². The molecule has 2 aromatic rings. The minimum Gasteiger partial charge on any atom is -0.508 e. The van der Waals surface area contributed by atoms with E-state index in [4.69, 9.17) is 4.74 Å². The summed E-state index contributed by atoms with van der Waals surface area (Å²) >= 11 is 0. The Kier molecular flexibility index (Phi) is 3.44. The van der Waals surface area contributed by atoms with Crippen molar-refractivity contribution in [2.45, 2.75) is 19.4 Å². The van der Waals surface area contributed by atoms with Crippen LogP contribution in [0, 0.1) is 5.82 Å². The van der Waals surface area contributed by atoms with Gasteiger partial charge < -0.3 is 14.9 Å². The van der Waals surface area contributed by atoms with Crippen LogP contribution in [-0.2, 0) is 5.60 Å². The number of phenols is 1. The van der Waals surface area contributed by atoms with Gasteiger partial charge in [0.15, 0.2) is 0 Å². The van der Waals surface area contributed by atoms with Crippen LogP contribution in [0.2, 0.25) is 0 Å². The summed E-state index contributed by atoms with van der Waals surface area (Å²) in [6.45, 7) is 3.13. The average Bonchev–Trinajstić information content (AvgIpc) is 2.30. The fraction of sp³-hybridized carbons (Fsp3) is 0.200. The van der Waals surface area contributed by atoms with Crippen molar-refractivity contribution in [2.75, 3.05) is 0 Å². The molecule has 0 amide bonds. The Morgan fingerprint density at radius 1 is 1.05 bits per heavy atom. The molecule has 0 unspecified atom stereocenters. The van der Waals surface area contributed by atoms with Crippen LogP contribution in [0.1, 0.15) is 19.4 Å². The van der Waals surface area contributed by atoms with Gasteiger partial charge in [0.25, 0.3) is 0 Å². The van der Waals surface area contributed by atoms with Gasteiger partial charge in [-0.05, 0) is 44.2 Å². The van der Waals surface area contributed by atoms with Gasteiger partial charge in [0.05, 0.1) is 5.60 Å². The van der Waals surface area contributed by atoms with Crippen molar-refractivity contribution in [1.29, 1.82) is 0 Å². The standard InChI is InChI=1S/C15H15FO3/c1-15(2,18)13-9-12(6-7-14(13)17)19-11-5-3-4-10(16)8-11/h3-9,17-18H,1-2H3. The predicted molar refractivity (Wildman–Crippen MR) is 69.8 cm³/mol. The van der Waals surface area contributed by atoms with Gasteiger partial charge in [-0.25, -0.2) is 4.39 Å². The summed E-state index contributed by atoms with van der Waals surface area (Å²) in [5.41, 5.74) is -0.841. The first-order chi connectivity index (χ1) is 8.86. The van der Waals surface area contributed by atoms with E-state index in [0.29, 0.717) is 17.1 Å². The highest BCUT2D eigenvalue weighted by Gasteiger charge is 2.21. The molecule has 0 saturated heterocycles. The fourth-order valence-electron chi connectivity index (χ4n) is 1.74. The number of ether oxygens (including phenoxy) is 1. The van der Waals surface area contributed by atoms with Crippen molar-refractivity contribution in [1.82, 2.24) is 0 Å². The highest BCUT2D eigenvalue weighted by Crippen LogP contribution is 2.33. The molecule has 19 heavy (non-hydrogen) atoms. The molecule has 2 rings (SSSR count). The Bertz CT molecular complexity index is 588. The van der Waals surface area contributed by atoms with Crippen LogP contribution in [0.25, 0.3) is 0 Å². The lowest BCUT2D eigenvalue weighted by Crippen LogP contribution is -2.15. The van der Waals surface area contributed by atoms with E-state index in [-0.39, 0.29) is 11.6 Å². The summed E-state index contributed by atoms with van der Waals surface area (Å²) in [6.07, 6.45) is 0. The molecule has 0 heterocycles. The number of halogens is 1. The topological polar surface area (TPSA) is 49.7 Å². The molecule has 2 aromatic carbocycles. The fourth-order valence-corrected chi connectivity index (χ4v) is 1.74. The largest absolute Gasteiger partial charge is 0.508 e. The van der Waals surface area contributed by atoms with Crippen molar-refractivity contribution in [3.63, 3.8) is 0 Å². The number of hydrogen-bond acceptors (Lipinski definition) is 3. The third kappa shape index (κ3) is 3.23. The minimum absolute atomic E-state index is 0.0147. The molecule has 0 bridgehead atoms. The number of hydrogen-bond donors (Lipinski definition) is 2. The molecule has 0 aromatic heterocycles. The molecule has 0 spiro atoms. The molecule has 0 radical (unpaired) electrons. The SMILES string of the molecule is CC(C)(O)c1cc(Oc2cccc(F)c2)ccc1O. The van der Waals surface area contributed by atoms with Crippen molar-refractivity contribution in [2.24, 2.45) is 0 Å². The third-order valence-corrected chi connectivity index (χ3v) is 2.66. The molecule has 2 N–H and O–H groups in total. The Hall–Kier alpha value is -2.07. The van der Waals surface area contributed by atoms with E-state index in [2.05, 4.69) is 0 Å². The Morgan fingerprint density at radius 3 is 2.37 bits per heavy atom. The van der Waals surface area contributed by atoms with Crippen molar-refractivity contribution in [3.05, 3.63) is 53.8 Å². The van der Waals surface area contributed by atoms with Gasteiger partial charge in [0.2, 0.25) is 0 Å². The number of phenolic OH excluding ortho intramolecular Hbond substituents is 1. The molecule has 3 nitrogen and oxygen atoms in total. The Morgan fingerprint density at radius 2 is 1.74 bits per heavy atom. The van der Waals surface area contributed by atoms with E-state index in [1.54, 1.807) is 32.0 Å². The zero-order valence-corrected chi connectivity index (χ0v) is 10.7. The maximum Gasteiger partial charge on any atom is 0.130 e. The molecule has 0 aliphatic heterocycles. The van der Waals surface area contributed by atoms with E-state index in [1.807, 2.05) is 0 Å². The quantitative estimate of drug-likeness (QED) is 0.889. The molecule has 0 saturated carbocycles. The second-order valence-corrected chi connectivity index (χ2v) is 4.80. The van der Waals surface area contributed by atoms with Gasteiger partial charge in [0.1, 0.15) is 23.1 Å². The number of benzene rings is 2. The number of aromatic hydroxyl groups is 1. The summed E-state index contributed by atoms with van der Waals surface area (Å²) in [6, 6.07) is 10.3. The van der Waals surface area contributed by atoms with Crippen molar-refractivity contribution < 1.29 is 19.3 Å². The van der Waals surface area contributed by atoms with Crippen LogP contribution in [0.15, 0.2) is 42.5 Å². The van der Waals surface area contributed by atoms with Gasteiger partial charge in [0, 0.05) is 11.6 Å². The van der Waals surface area contributed by atoms with Gasteiger partial charge >= 0.3 is 0 Å². The van der Waals surface area contributed by atoms with Gasteiger partial charge in [-0.2, -0.15) is 0 Å². The zero-order valence-electron chi connectivity index (χ0n) is 10.7. The lowest BCUT2D eigenvalue weighted by atomic mass is 9.97. The Labute approximate surface area is 110 Å². The number of rotatable bonds is 3. The second-order valence-electron chi connectivity index (χ2n) is 4.80. The molecule has 0 aliphatic rings. The average molecular weight is 262 g/mol. The van der Waals surface area contributed by atoms with E-state index < -0.39 is 5.60 Å². The van der Waals surface area contributed by atoms with Crippen LogP contribution >= 0.6 is 0 Å². The lowest BCUT2D eigenvalue weighted by molar-refractivity contribution is 0.0756. The molecule has 0 atom stereocenters. The van der Waals surface area contributed by atoms with Crippen LogP contribution in [0.4, 0.5) is 4.39 Å². The maximum absolute atomic E-state index is 13.0. The van der Waals surface area contributed by atoms with Gasteiger partial charge in [-0.1, -0.05) is 6.07 Å². The van der Waals surface area contributed by atoms with E-state index >= 15 is 0 Å². The lowest BCUT2D eigenvalue weighted by Gasteiger charge is -2.20. The minimum atomic E-state index is -1.19. The van der Waals surface area contributed by atoms with Gasteiger partial charge in [-0.3, -0.25) is 0 Å². The normalized spacial score (nSPS) is 11.4. The Balaban J connectivity index is 2.32. The van der Waals surface area contributed by atoms with Crippen LogP contribution < -0.4 is 4.74 Å². The first-order valence-electron chi connectivity index (χ1n) is 5.85. The van der Waals surface area contributed by atoms with Crippen LogP contribution in [0.5, 0.6) is 17.2 Å². The summed E-state index contributed by atoms with van der Waals surface area (Å²) in [4.78, 5) is 0. The monoisotopic (exact) mass is 262 g/mol. The molecule has 100 valence electrons. The molecular weight excluding hydrogens is 247 g/mol. The molecule has 0 fully saturated rings. The maximum atomic E-state index is 13.0. The molecule has 0 aliphatic carbocycles. The van der Waals surface area contributed by atoms with Crippen LogP contribution in [-0.4, -0.2) is 10.2 Å². The van der Waals surface area contributed by atoms with E-state index in [1.165, 1.54) is 24.3 Å². The third-order valence-electron chi connectivity index (χ3n) is 2.66.